The van der Waals surface area contributed by atoms with Gasteiger partial charge in [-0.15, -0.1) is 0 Å². The Bertz CT molecular complexity index is 2660. The second-order valence-corrected chi connectivity index (χ2v) is 13.0. The Kier molecular flexibility index (Phi) is 6.84. The number of allylic oxidation sites excluding steroid dienone is 4. The molecule has 234 valence electrons. The summed E-state index contributed by atoms with van der Waals surface area (Å²) in [7, 11) is 0. The smallest absolute Gasteiger partial charge is 0.0998 e. The monoisotopic (exact) mass is 639 g/mol. The highest BCUT2D eigenvalue weighted by atomic mass is 15.2. The Morgan fingerprint density at radius 3 is 2.38 bits per heavy atom. The van der Waals surface area contributed by atoms with Crippen molar-refractivity contribution in [2.24, 2.45) is 5.92 Å². The van der Waals surface area contributed by atoms with Crippen LogP contribution >= 0.6 is 0 Å². The minimum absolute atomic E-state index is 0.0965. The van der Waals surface area contributed by atoms with E-state index in [1.165, 1.54) is 11.3 Å². The van der Waals surface area contributed by atoms with Crippen LogP contribution < -0.4 is 4.90 Å². The van der Waals surface area contributed by atoms with E-state index < -0.39 is 0 Å². The van der Waals surface area contributed by atoms with Crippen LogP contribution in [0.25, 0.3) is 49.7 Å². The minimum Gasteiger partial charge on any atom is -0.334 e. The largest absolute Gasteiger partial charge is 0.334 e. The number of hydrogen-bond donors (Lipinski definition) is 0. The third-order valence-electron chi connectivity index (χ3n) is 10.3. The molecule has 0 saturated carbocycles. The summed E-state index contributed by atoms with van der Waals surface area (Å²) in [4.78, 5) is 2.39. The van der Waals surface area contributed by atoms with Crippen LogP contribution in [0.3, 0.4) is 0 Å². The maximum atomic E-state index is 10.3. The first-order valence-corrected chi connectivity index (χ1v) is 16.8. The second kappa shape index (κ2) is 11.7. The van der Waals surface area contributed by atoms with Gasteiger partial charge in [-0.25, -0.2) is 0 Å². The van der Waals surface area contributed by atoms with Crippen LogP contribution in [0.2, 0.25) is 0 Å². The van der Waals surface area contributed by atoms with Crippen LogP contribution in [0, 0.1) is 39.9 Å². The van der Waals surface area contributed by atoms with Crippen LogP contribution in [-0.2, 0) is 0 Å². The standard InChI is InChI=1S/C45H29N5/c46-26-29-16-20-44-39(22-29)36-11-2-5-14-42(36)49(44)34-9-7-8-31(24-34)38-25-32(18-19-33(38)28-48)35-10-1-4-13-41(35)50-43-15-6-3-12-37(43)40-23-30(27-47)17-21-45(40)50/h1,3-10,12-25,39,44H,2,11H2. The molecular weight excluding hydrogens is 611 g/mol. The predicted octanol–water partition coefficient (Wildman–Crippen LogP) is 10.3. The summed E-state index contributed by atoms with van der Waals surface area (Å²) in [6, 6.07) is 44.3. The van der Waals surface area contributed by atoms with Crippen molar-refractivity contribution in [1.29, 1.82) is 15.8 Å². The lowest BCUT2D eigenvalue weighted by atomic mass is 9.85. The summed E-state index contributed by atoms with van der Waals surface area (Å²) >= 11 is 0. The van der Waals surface area contributed by atoms with Gasteiger partial charge in [-0.2, -0.15) is 15.8 Å². The molecular formula is C45H29N5. The van der Waals surface area contributed by atoms with Gasteiger partial charge < -0.3 is 9.47 Å². The van der Waals surface area contributed by atoms with Gasteiger partial charge in [0.05, 0.1) is 52.1 Å². The van der Waals surface area contributed by atoms with Gasteiger partial charge in [-0.1, -0.05) is 72.8 Å². The first kappa shape index (κ1) is 29.3. The lowest BCUT2D eigenvalue weighted by Crippen LogP contribution is -2.32. The van der Waals surface area contributed by atoms with E-state index in [1.807, 2.05) is 48.5 Å². The summed E-state index contributed by atoms with van der Waals surface area (Å²) in [5.41, 5.74) is 12.6. The van der Waals surface area contributed by atoms with Gasteiger partial charge in [0, 0.05) is 44.8 Å². The number of rotatable bonds is 4. The molecule has 50 heavy (non-hydrogen) atoms. The molecule has 9 rings (SSSR count). The van der Waals surface area contributed by atoms with Crippen LogP contribution in [0.1, 0.15) is 24.0 Å². The Balaban J connectivity index is 1.18. The molecule has 2 atom stereocenters. The summed E-state index contributed by atoms with van der Waals surface area (Å²) in [6.45, 7) is 0. The summed E-state index contributed by atoms with van der Waals surface area (Å²) in [5, 5.41) is 31.7. The number of hydrogen-bond acceptors (Lipinski definition) is 4. The molecule has 0 fully saturated rings. The molecule has 1 aromatic heterocycles. The highest BCUT2D eigenvalue weighted by Crippen LogP contribution is 2.46. The van der Waals surface area contributed by atoms with Gasteiger partial charge in [0.25, 0.3) is 0 Å². The second-order valence-electron chi connectivity index (χ2n) is 13.0. The van der Waals surface area contributed by atoms with Gasteiger partial charge in [0.2, 0.25) is 0 Å². The van der Waals surface area contributed by atoms with Gasteiger partial charge >= 0.3 is 0 Å². The lowest BCUT2D eigenvalue weighted by Gasteiger charge is -2.31. The third-order valence-corrected chi connectivity index (χ3v) is 10.3. The Morgan fingerprint density at radius 2 is 1.50 bits per heavy atom. The molecule has 0 bridgehead atoms. The number of nitriles is 3. The molecule has 1 aliphatic heterocycles. The van der Waals surface area contributed by atoms with Crippen molar-refractivity contribution in [2.75, 3.05) is 4.90 Å². The van der Waals surface area contributed by atoms with Crippen molar-refractivity contribution < 1.29 is 0 Å². The van der Waals surface area contributed by atoms with Crippen LogP contribution in [-0.4, -0.2) is 10.6 Å². The zero-order valence-corrected chi connectivity index (χ0v) is 27.1. The normalized spacial score (nSPS) is 17.6. The van der Waals surface area contributed by atoms with Crippen molar-refractivity contribution in [3.05, 3.63) is 168 Å². The number of nitrogens with zero attached hydrogens (tertiary/aromatic N) is 5. The molecule has 5 aromatic carbocycles. The molecule has 6 aromatic rings. The average Bonchev–Trinajstić information content (AvgIpc) is 3.69. The molecule has 0 amide bonds. The molecule has 5 nitrogen and oxygen atoms in total. The number of fused-ring (bicyclic) bond motifs is 5. The molecule has 0 radical (unpaired) electrons. The van der Waals surface area contributed by atoms with Crippen molar-refractivity contribution in [3.63, 3.8) is 0 Å². The van der Waals surface area contributed by atoms with Crippen LogP contribution in [0.4, 0.5) is 5.69 Å². The summed E-state index contributed by atoms with van der Waals surface area (Å²) < 4.78 is 2.27. The van der Waals surface area contributed by atoms with E-state index in [0.717, 1.165) is 68.3 Å². The molecule has 0 saturated heterocycles. The minimum atomic E-state index is 0.0965. The molecule has 0 N–H and O–H groups in total. The van der Waals surface area contributed by atoms with E-state index in [1.54, 1.807) is 0 Å². The van der Waals surface area contributed by atoms with E-state index in [4.69, 9.17) is 0 Å². The van der Waals surface area contributed by atoms with E-state index >= 15 is 0 Å². The first-order valence-electron chi connectivity index (χ1n) is 16.8. The number of benzene rings is 5. The fraction of sp³-hybridized carbons (Fsp3) is 0.0889. The van der Waals surface area contributed by atoms with Gasteiger partial charge in [-0.3, -0.25) is 0 Å². The van der Waals surface area contributed by atoms with Gasteiger partial charge in [0.1, 0.15) is 0 Å². The highest BCUT2D eigenvalue weighted by molar-refractivity contribution is 6.10. The maximum absolute atomic E-state index is 10.3. The van der Waals surface area contributed by atoms with E-state index in [9.17, 15) is 15.8 Å². The summed E-state index contributed by atoms with van der Waals surface area (Å²) in [6.07, 6.45) is 12.7. The molecule has 2 heterocycles. The van der Waals surface area contributed by atoms with Crippen LogP contribution in [0.5, 0.6) is 0 Å². The third kappa shape index (κ3) is 4.51. The van der Waals surface area contributed by atoms with E-state index in [0.29, 0.717) is 16.7 Å². The number of anilines is 1. The zero-order valence-electron chi connectivity index (χ0n) is 27.1. The van der Waals surface area contributed by atoms with Gasteiger partial charge in [-0.05, 0) is 96.3 Å². The molecule has 0 spiro atoms. The molecule has 2 unspecified atom stereocenters. The quantitative estimate of drug-likeness (QED) is 0.192. The van der Waals surface area contributed by atoms with E-state index in [2.05, 4.69) is 119 Å². The molecule has 2 aliphatic carbocycles. The van der Waals surface area contributed by atoms with Gasteiger partial charge in [0.15, 0.2) is 0 Å². The SMILES string of the molecule is N#CC1=CC2C3=C(C=CCC3)N(c3cccc(-c4cc(-c5ccccc5-n5c6ccccc6c6cc(C#N)ccc65)ccc4C#N)c3)C2C=C1. The number of para-hydroxylation sites is 2. The molecule has 5 heteroatoms. The van der Waals surface area contributed by atoms with Crippen molar-refractivity contribution >= 4 is 27.5 Å². The van der Waals surface area contributed by atoms with E-state index in [-0.39, 0.29) is 12.0 Å². The van der Waals surface area contributed by atoms with Crippen molar-refractivity contribution in [2.45, 2.75) is 18.9 Å². The predicted molar refractivity (Wildman–Crippen MR) is 199 cm³/mol. The topological polar surface area (TPSA) is 79.5 Å². The Labute approximate surface area is 290 Å². The Morgan fingerprint density at radius 1 is 0.660 bits per heavy atom. The lowest BCUT2D eigenvalue weighted by molar-refractivity contribution is 0.655. The maximum Gasteiger partial charge on any atom is 0.0998 e. The highest BCUT2D eigenvalue weighted by Gasteiger charge is 2.39. The zero-order chi connectivity index (χ0) is 33.8. The van der Waals surface area contributed by atoms with Crippen molar-refractivity contribution in [1.82, 2.24) is 4.57 Å². The number of aromatic nitrogens is 1. The summed E-state index contributed by atoms with van der Waals surface area (Å²) in [5.74, 6) is 0.167. The van der Waals surface area contributed by atoms with Crippen LogP contribution in [0.15, 0.2) is 156 Å². The van der Waals surface area contributed by atoms with Crippen molar-refractivity contribution in [3.8, 4) is 46.1 Å². The average molecular weight is 640 g/mol. The molecule has 3 aliphatic rings. The Hall–Kier alpha value is -6.87. The fourth-order valence-corrected chi connectivity index (χ4v) is 8.10. The fourth-order valence-electron chi connectivity index (χ4n) is 8.10. The first-order chi connectivity index (χ1) is 24.7.